The van der Waals surface area contributed by atoms with E-state index < -0.39 is 28.5 Å². The topological polar surface area (TPSA) is 96.0 Å². The summed E-state index contributed by atoms with van der Waals surface area (Å²) in [6.07, 6.45) is 4.47. The van der Waals surface area contributed by atoms with Gasteiger partial charge in [0, 0.05) is 17.6 Å². The summed E-state index contributed by atoms with van der Waals surface area (Å²) in [5.74, 6) is -0.235. The molecule has 218 valence electrons. The van der Waals surface area contributed by atoms with Crippen molar-refractivity contribution in [2.24, 2.45) is 0 Å². The van der Waals surface area contributed by atoms with Crippen molar-refractivity contribution < 1.29 is 22.7 Å². The minimum atomic E-state index is -4.19. The van der Waals surface area contributed by atoms with E-state index in [4.69, 9.17) is 16.3 Å². The quantitative estimate of drug-likeness (QED) is 0.315. The molecule has 4 rings (SSSR count). The minimum Gasteiger partial charge on any atom is -0.497 e. The van der Waals surface area contributed by atoms with Crippen LogP contribution >= 0.6 is 11.6 Å². The molecule has 1 aliphatic rings. The van der Waals surface area contributed by atoms with Gasteiger partial charge in [-0.25, -0.2) is 8.42 Å². The maximum absolute atomic E-state index is 14.0. The number of nitrogens with zero attached hydrogens (tertiary/aromatic N) is 2. The van der Waals surface area contributed by atoms with Gasteiger partial charge in [0.05, 0.1) is 17.7 Å². The Kier molecular flexibility index (Phi) is 10.3. The highest BCUT2D eigenvalue weighted by Gasteiger charge is 2.33. The molecular weight excluding hydrogens is 562 g/mol. The maximum Gasteiger partial charge on any atom is 0.264 e. The van der Waals surface area contributed by atoms with E-state index in [2.05, 4.69) is 5.32 Å². The highest BCUT2D eigenvalue weighted by atomic mass is 35.5. The Morgan fingerprint density at radius 2 is 1.68 bits per heavy atom. The molecule has 3 aromatic rings. The largest absolute Gasteiger partial charge is 0.497 e. The molecule has 0 heterocycles. The van der Waals surface area contributed by atoms with Gasteiger partial charge in [0.1, 0.15) is 18.3 Å². The molecule has 1 fully saturated rings. The number of sulfonamides is 1. The first-order chi connectivity index (χ1) is 19.7. The Morgan fingerprint density at radius 1 is 1.00 bits per heavy atom. The van der Waals surface area contributed by atoms with E-state index in [-0.39, 0.29) is 29.1 Å². The van der Waals surface area contributed by atoms with Crippen LogP contribution in [0.15, 0.2) is 83.8 Å². The summed E-state index contributed by atoms with van der Waals surface area (Å²) in [5.41, 5.74) is 1.25. The summed E-state index contributed by atoms with van der Waals surface area (Å²) < 4.78 is 34.0. The summed E-state index contributed by atoms with van der Waals surface area (Å²) in [6.45, 7) is 1.42. The standard InChI is InChI=1S/C31H36ClN3O5S/c1-23(31(37)33-26-12-6-7-13-26)34(20-19-24-9-4-3-5-10-24)30(36)22-35(27-14-8-11-25(32)21-27)41(38,39)29-17-15-28(40-2)16-18-29/h3-5,8-11,14-18,21,23,26H,6-7,12-13,19-20,22H2,1-2H3,(H,33,37)/t23-/m1/s1. The molecule has 3 aromatic carbocycles. The highest BCUT2D eigenvalue weighted by molar-refractivity contribution is 7.92. The van der Waals surface area contributed by atoms with Crippen molar-refractivity contribution in [1.82, 2.24) is 10.2 Å². The average Bonchev–Trinajstić information content (AvgIpc) is 3.49. The second-order valence-corrected chi connectivity index (χ2v) is 12.5. The molecule has 0 spiro atoms. The third kappa shape index (κ3) is 7.80. The molecule has 0 radical (unpaired) electrons. The number of benzene rings is 3. The van der Waals surface area contributed by atoms with Gasteiger partial charge in [0.2, 0.25) is 11.8 Å². The normalized spacial score (nSPS) is 14.3. The van der Waals surface area contributed by atoms with E-state index in [9.17, 15) is 18.0 Å². The Morgan fingerprint density at radius 3 is 2.32 bits per heavy atom. The van der Waals surface area contributed by atoms with Crippen LogP contribution in [0.4, 0.5) is 5.69 Å². The van der Waals surface area contributed by atoms with E-state index in [1.165, 1.54) is 30.2 Å². The molecule has 1 N–H and O–H groups in total. The maximum atomic E-state index is 14.0. The van der Waals surface area contributed by atoms with Crippen LogP contribution in [0.3, 0.4) is 0 Å². The average molecular weight is 598 g/mol. The number of nitrogens with one attached hydrogen (secondary N) is 1. The van der Waals surface area contributed by atoms with Gasteiger partial charge in [-0.3, -0.25) is 13.9 Å². The minimum absolute atomic E-state index is 0.00561. The fourth-order valence-corrected chi connectivity index (χ4v) is 6.59. The summed E-state index contributed by atoms with van der Waals surface area (Å²) >= 11 is 6.23. The molecule has 0 aliphatic heterocycles. The van der Waals surface area contributed by atoms with Crippen molar-refractivity contribution in [2.45, 2.75) is 56.0 Å². The van der Waals surface area contributed by atoms with E-state index >= 15 is 0 Å². The smallest absolute Gasteiger partial charge is 0.264 e. The van der Waals surface area contributed by atoms with Gasteiger partial charge in [-0.1, -0.05) is 60.8 Å². The number of hydrogen-bond donors (Lipinski definition) is 1. The van der Waals surface area contributed by atoms with Crippen LogP contribution in [0, 0.1) is 0 Å². The molecule has 2 amide bonds. The number of carbonyl (C=O) groups is 2. The van der Waals surface area contributed by atoms with Crippen molar-refractivity contribution in [3.05, 3.63) is 89.4 Å². The van der Waals surface area contributed by atoms with Crippen LogP contribution in [-0.4, -0.2) is 57.4 Å². The van der Waals surface area contributed by atoms with Gasteiger partial charge in [-0.15, -0.1) is 0 Å². The van der Waals surface area contributed by atoms with Crippen molar-refractivity contribution in [2.75, 3.05) is 24.5 Å². The molecule has 1 aliphatic carbocycles. The lowest BCUT2D eigenvalue weighted by atomic mass is 10.1. The van der Waals surface area contributed by atoms with Crippen LogP contribution in [-0.2, 0) is 26.0 Å². The number of methoxy groups -OCH3 is 1. The monoisotopic (exact) mass is 597 g/mol. The zero-order valence-electron chi connectivity index (χ0n) is 23.3. The zero-order chi connectivity index (χ0) is 29.4. The molecule has 1 saturated carbocycles. The molecule has 0 saturated heterocycles. The number of carbonyl (C=O) groups excluding carboxylic acids is 2. The number of ether oxygens (including phenoxy) is 1. The summed E-state index contributed by atoms with van der Waals surface area (Å²) in [4.78, 5) is 28.7. The Bertz CT molecular complexity index is 1430. The van der Waals surface area contributed by atoms with Gasteiger partial charge >= 0.3 is 0 Å². The highest BCUT2D eigenvalue weighted by Crippen LogP contribution is 2.28. The molecule has 0 bridgehead atoms. The van der Waals surface area contributed by atoms with Gasteiger partial charge in [-0.05, 0) is 74.2 Å². The first kappa shape index (κ1) is 30.4. The van der Waals surface area contributed by atoms with Gasteiger partial charge in [0.25, 0.3) is 10.0 Å². The van der Waals surface area contributed by atoms with E-state index in [1.807, 2.05) is 30.3 Å². The van der Waals surface area contributed by atoms with Crippen molar-refractivity contribution in [3.8, 4) is 5.75 Å². The first-order valence-corrected chi connectivity index (χ1v) is 15.6. The van der Waals surface area contributed by atoms with E-state index in [1.54, 1.807) is 37.3 Å². The Hall–Kier alpha value is -3.56. The van der Waals surface area contributed by atoms with Crippen LogP contribution in [0.1, 0.15) is 38.2 Å². The Labute approximate surface area is 247 Å². The molecule has 10 heteroatoms. The van der Waals surface area contributed by atoms with Crippen LogP contribution < -0.4 is 14.4 Å². The number of rotatable bonds is 12. The SMILES string of the molecule is COc1ccc(S(=O)(=O)N(CC(=O)N(CCc2ccccc2)[C@H](C)C(=O)NC2CCCC2)c2cccc(Cl)c2)cc1. The lowest BCUT2D eigenvalue weighted by Crippen LogP contribution is -2.53. The molecule has 0 unspecified atom stereocenters. The summed E-state index contributed by atoms with van der Waals surface area (Å²) in [6, 6.07) is 21.3. The van der Waals surface area contributed by atoms with Crippen LogP contribution in [0.2, 0.25) is 5.02 Å². The lowest BCUT2D eigenvalue weighted by molar-refractivity contribution is -0.139. The van der Waals surface area contributed by atoms with Crippen molar-refractivity contribution >= 4 is 39.1 Å². The second kappa shape index (κ2) is 13.9. The van der Waals surface area contributed by atoms with Crippen molar-refractivity contribution in [3.63, 3.8) is 0 Å². The number of anilines is 1. The van der Waals surface area contributed by atoms with Gasteiger partial charge in [-0.2, -0.15) is 0 Å². The molecule has 1 atom stereocenters. The third-order valence-corrected chi connectivity index (χ3v) is 9.40. The second-order valence-electron chi connectivity index (χ2n) is 10.2. The van der Waals surface area contributed by atoms with Crippen LogP contribution in [0.25, 0.3) is 0 Å². The summed E-state index contributed by atoms with van der Waals surface area (Å²) in [7, 11) is -2.69. The van der Waals surface area contributed by atoms with Crippen molar-refractivity contribution in [1.29, 1.82) is 0 Å². The van der Waals surface area contributed by atoms with Crippen LogP contribution in [0.5, 0.6) is 5.75 Å². The molecule has 0 aromatic heterocycles. The predicted octanol–water partition coefficient (Wildman–Crippen LogP) is 5.06. The summed E-state index contributed by atoms with van der Waals surface area (Å²) in [5, 5.41) is 3.41. The predicted molar refractivity (Wildman–Crippen MR) is 161 cm³/mol. The van der Waals surface area contributed by atoms with E-state index in [0.29, 0.717) is 17.2 Å². The fourth-order valence-electron chi connectivity index (χ4n) is 5.00. The number of amides is 2. The Balaban J connectivity index is 1.64. The fraction of sp³-hybridized carbons (Fsp3) is 0.355. The van der Waals surface area contributed by atoms with Gasteiger partial charge in [0.15, 0.2) is 0 Å². The molecular formula is C31H36ClN3O5S. The molecule has 8 nitrogen and oxygen atoms in total. The number of halogens is 1. The number of hydrogen-bond acceptors (Lipinski definition) is 5. The third-order valence-electron chi connectivity index (χ3n) is 7.38. The van der Waals surface area contributed by atoms with E-state index in [0.717, 1.165) is 35.6 Å². The first-order valence-electron chi connectivity index (χ1n) is 13.7. The molecule has 41 heavy (non-hydrogen) atoms. The zero-order valence-corrected chi connectivity index (χ0v) is 24.9. The van der Waals surface area contributed by atoms with Gasteiger partial charge < -0.3 is 15.0 Å². The lowest BCUT2D eigenvalue weighted by Gasteiger charge is -2.32.